The average Bonchev–Trinajstić information content (AvgIpc) is 2.70. The lowest BCUT2D eigenvalue weighted by atomic mass is 10.3. The number of hydrogen-bond acceptors (Lipinski definition) is 3. The van der Waals surface area contributed by atoms with Crippen LogP contribution in [0.25, 0.3) is 5.65 Å². The molecule has 0 bridgehead atoms. The molecule has 0 aliphatic rings. The van der Waals surface area contributed by atoms with Crippen molar-refractivity contribution in [3.05, 3.63) is 28.7 Å². The van der Waals surface area contributed by atoms with Crippen molar-refractivity contribution in [2.75, 3.05) is 6.54 Å². The molecule has 11 heteroatoms. The van der Waals surface area contributed by atoms with Gasteiger partial charge in [0.05, 0.1) is 23.7 Å². The minimum Gasteiger partial charge on any atom is -0.302 e. The summed E-state index contributed by atoms with van der Waals surface area (Å²) in [4.78, 5) is 0. The Hall–Kier alpha value is -1.55. The Balaban J connectivity index is 2.31. The molecule has 21 heavy (non-hydrogen) atoms. The molecule has 2 aromatic rings. The van der Waals surface area contributed by atoms with Crippen molar-refractivity contribution in [1.82, 2.24) is 19.9 Å². The summed E-state index contributed by atoms with van der Waals surface area (Å²) in [6.45, 7) is -1.70. The van der Waals surface area contributed by atoms with E-state index in [9.17, 15) is 26.3 Å². The summed E-state index contributed by atoms with van der Waals surface area (Å²) >= 11 is 5.66. The Bertz CT molecular complexity index is 647. The Morgan fingerprint density at radius 1 is 1.14 bits per heavy atom. The smallest absolute Gasteiger partial charge is 0.302 e. The molecule has 2 heterocycles. The lowest BCUT2D eigenvalue weighted by molar-refractivity contribution is -0.137. The summed E-state index contributed by atoms with van der Waals surface area (Å²) < 4.78 is 74.9. The van der Waals surface area contributed by atoms with Crippen LogP contribution >= 0.6 is 11.6 Å². The highest BCUT2D eigenvalue weighted by molar-refractivity contribution is 6.33. The number of nitrogens with zero attached hydrogens (tertiary/aromatic N) is 3. The van der Waals surface area contributed by atoms with Crippen LogP contribution in [-0.2, 0) is 12.7 Å². The Labute approximate surface area is 118 Å². The third-order valence-corrected chi connectivity index (χ3v) is 2.74. The van der Waals surface area contributed by atoms with Crippen molar-refractivity contribution in [3.8, 4) is 0 Å². The minimum atomic E-state index is -4.64. The predicted molar refractivity (Wildman–Crippen MR) is 60.8 cm³/mol. The third-order valence-electron chi connectivity index (χ3n) is 2.47. The molecule has 0 aliphatic carbocycles. The normalized spacial score (nSPS) is 13.1. The summed E-state index contributed by atoms with van der Waals surface area (Å²) in [7, 11) is 0. The van der Waals surface area contributed by atoms with Crippen LogP contribution in [0, 0.1) is 0 Å². The van der Waals surface area contributed by atoms with Crippen LogP contribution in [-0.4, -0.2) is 27.3 Å². The van der Waals surface area contributed by atoms with E-state index in [1.54, 1.807) is 0 Å². The molecule has 1 N–H and O–H groups in total. The fourth-order valence-corrected chi connectivity index (χ4v) is 1.84. The molecule has 0 aliphatic heterocycles. The van der Waals surface area contributed by atoms with E-state index in [1.807, 2.05) is 5.32 Å². The van der Waals surface area contributed by atoms with Crippen molar-refractivity contribution in [3.63, 3.8) is 0 Å². The number of aromatic nitrogens is 3. The zero-order valence-electron chi connectivity index (χ0n) is 10.1. The van der Waals surface area contributed by atoms with Crippen LogP contribution in [0.3, 0.4) is 0 Å². The highest BCUT2D eigenvalue weighted by Gasteiger charge is 2.32. The van der Waals surface area contributed by atoms with Crippen molar-refractivity contribution < 1.29 is 26.3 Å². The maximum Gasteiger partial charge on any atom is 0.417 e. The van der Waals surface area contributed by atoms with Gasteiger partial charge in [0, 0.05) is 6.20 Å². The van der Waals surface area contributed by atoms with E-state index in [4.69, 9.17) is 11.6 Å². The highest BCUT2D eigenvalue weighted by atomic mass is 35.5. The average molecular weight is 333 g/mol. The zero-order chi connectivity index (χ0) is 15.8. The summed E-state index contributed by atoms with van der Waals surface area (Å²) in [5, 5.41) is 8.81. The van der Waals surface area contributed by atoms with Gasteiger partial charge in [-0.15, -0.1) is 10.2 Å². The molecule has 116 valence electrons. The second-order valence-electron chi connectivity index (χ2n) is 4.10. The number of fused-ring (bicyclic) bond motifs is 1. The van der Waals surface area contributed by atoms with E-state index in [2.05, 4.69) is 10.2 Å². The van der Waals surface area contributed by atoms with E-state index in [-0.39, 0.29) is 16.5 Å². The first-order valence-corrected chi connectivity index (χ1v) is 5.83. The lowest BCUT2D eigenvalue weighted by Crippen LogP contribution is -2.29. The van der Waals surface area contributed by atoms with Gasteiger partial charge in [-0.3, -0.25) is 4.40 Å². The zero-order valence-corrected chi connectivity index (χ0v) is 10.8. The second kappa shape index (κ2) is 5.34. The molecule has 0 aromatic carbocycles. The van der Waals surface area contributed by atoms with Gasteiger partial charge in [0.2, 0.25) is 0 Å². The summed E-state index contributed by atoms with van der Waals surface area (Å²) in [5.41, 5.74) is -1.11. The van der Waals surface area contributed by atoms with E-state index in [1.165, 1.54) is 0 Å². The number of alkyl halides is 6. The van der Waals surface area contributed by atoms with Gasteiger partial charge in [-0.2, -0.15) is 26.3 Å². The molecular formula is C10H7ClF6N4. The quantitative estimate of drug-likeness (QED) is 0.879. The topological polar surface area (TPSA) is 42.2 Å². The Kier molecular flexibility index (Phi) is 4.02. The minimum absolute atomic E-state index is 0.0616. The van der Waals surface area contributed by atoms with Crippen LogP contribution in [0.1, 0.15) is 11.4 Å². The van der Waals surface area contributed by atoms with Gasteiger partial charge >= 0.3 is 12.4 Å². The number of halogens is 7. The Morgan fingerprint density at radius 2 is 1.81 bits per heavy atom. The molecule has 0 atom stereocenters. The van der Waals surface area contributed by atoms with Crippen molar-refractivity contribution in [2.45, 2.75) is 18.9 Å². The van der Waals surface area contributed by atoms with Crippen molar-refractivity contribution >= 4 is 17.2 Å². The van der Waals surface area contributed by atoms with E-state index >= 15 is 0 Å². The number of pyridine rings is 1. The van der Waals surface area contributed by atoms with Gasteiger partial charge < -0.3 is 5.32 Å². The molecule has 0 unspecified atom stereocenters. The maximum atomic E-state index is 12.7. The molecule has 0 spiro atoms. The number of hydrogen-bond donors (Lipinski definition) is 1. The van der Waals surface area contributed by atoms with Crippen LogP contribution in [0.5, 0.6) is 0 Å². The molecule has 0 saturated carbocycles. The fourth-order valence-electron chi connectivity index (χ4n) is 1.59. The predicted octanol–water partition coefficient (Wildman–Crippen LogP) is 3.05. The van der Waals surface area contributed by atoms with Crippen LogP contribution in [0.4, 0.5) is 26.3 Å². The lowest BCUT2D eigenvalue weighted by Gasteiger charge is -2.10. The van der Waals surface area contributed by atoms with Crippen molar-refractivity contribution in [2.24, 2.45) is 0 Å². The maximum absolute atomic E-state index is 12.7. The van der Waals surface area contributed by atoms with Crippen LogP contribution < -0.4 is 5.32 Å². The first kappa shape index (κ1) is 15.8. The number of rotatable bonds is 3. The first-order chi connectivity index (χ1) is 9.58. The largest absolute Gasteiger partial charge is 0.417 e. The van der Waals surface area contributed by atoms with E-state index in [0.717, 1.165) is 4.40 Å². The van der Waals surface area contributed by atoms with Crippen LogP contribution in [0.15, 0.2) is 12.3 Å². The SMILES string of the molecule is FC(F)(F)CNCc1nnc2c(Cl)cc(C(F)(F)F)cn12. The van der Waals surface area contributed by atoms with E-state index < -0.39 is 31.0 Å². The monoisotopic (exact) mass is 332 g/mol. The molecule has 0 radical (unpaired) electrons. The first-order valence-electron chi connectivity index (χ1n) is 5.46. The summed E-state index contributed by atoms with van der Waals surface area (Å²) in [5.74, 6) is -0.109. The molecule has 0 fully saturated rings. The molecule has 2 rings (SSSR count). The summed E-state index contributed by atoms with van der Waals surface area (Å²) in [6.07, 6.45) is -8.39. The van der Waals surface area contributed by atoms with Crippen molar-refractivity contribution in [1.29, 1.82) is 0 Å². The molecular weight excluding hydrogens is 326 g/mol. The van der Waals surface area contributed by atoms with Crippen LogP contribution in [0.2, 0.25) is 5.02 Å². The Morgan fingerprint density at radius 3 is 2.38 bits per heavy atom. The van der Waals surface area contributed by atoms with Gasteiger partial charge in [-0.25, -0.2) is 0 Å². The standard InChI is InChI=1S/C10H7ClF6N4/c11-6-1-5(10(15,16)17)3-21-7(19-20-8(6)21)2-18-4-9(12,13)14/h1,3,18H,2,4H2. The van der Waals surface area contributed by atoms with Gasteiger partial charge in [-0.1, -0.05) is 11.6 Å². The molecule has 2 aromatic heterocycles. The molecule has 0 saturated heterocycles. The summed E-state index contributed by atoms with van der Waals surface area (Å²) in [6, 6.07) is 0.679. The molecule has 0 amide bonds. The van der Waals surface area contributed by atoms with Gasteiger partial charge in [0.25, 0.3) is 0 Å². The van der Waals surface area contributed by atoms with Gasteiger partial charge in [0.1, 0.15) is 0 Å². The third kappa shape index (κ3) is 3.76. The van der Waals surface area contributed by atoms with Gasteiger partial charge in [0.15, 0.2) is 11.5 Å². The second-order valence-corrected chi connectivity index (χ2v) is 4.51. The number of nitrogens with one attached hydrogen (secondary N) is 1. The fraction of sp³-hybridized carbons (Fsp3) is 0.400. The highest BCUT2D eigenvalue weighted by Crippen LogP contribution is 2.32. The van der Waals surface area contributed by atoms with Gasteiger partial charge in [-0.05, 0) is 6.07 Å². The molecule has 4 nitrogen and oxygen atoms in total. The van der Waals surface area contributed by atoms with E-state index in [0.29, 0.717) is 12.3 Å².